The number of rotatable bonds is 5. The molecule has 0 aliphatic carbocycles. The standard InChI is InChI=1S/C21H18FN5O3/c1-12-6-9-18(24-11-12)26-21(29)15-4-2-3-5-17(15)25-20(28)14-8-7-13(10-16(14)22)19(23)27-30/h2-11,30H,1H3,(H2,23,27)(H,25,28)(H,24,26,29). The van der Waals surface area contributed by atoms with E-state index >= 15 is 0 Å². The van der Waals surface area contributed by atoms with Crippen LogP contribution in [0.5, 0.6) is 0 Å². The number of anilines is 2. The van der Waals surface area contributed by atoms with Crippen LogP contribution in [0.25, 0.3) is 0 Å². The number of benzene rings is 2. The van der Waals surface area contributed by atoms with Crippen LogP contribution in [0.2, 0.25) is 0 Å². The fourth-order valence-electron chi connectivity index (χ4n) is 2.62. The third-order valence-electron chi connectivity index (χ3n) is 4.19. The number of hydrogen-bond donors (Lipinski definition) is 4. The molecule has 0 fully saturated rings. The summed E-state index contributed by atoms with van der Waals surface area (Å²) >= 11 is 0. The first-order valence-electron chi connectivity index (χ1n) is 8.81. The van der Waals surface area contributed by atoms with Crippen molar-refractivity contribution in [2.75, 3.05) is 10.6 Å². The monoisotopic (exact) mass is 407 g/mol. The smallest absolute Gasteiger partial charge is 0.258 e. The number of oxime groups is 1. The number of carbonyl (C=O) groups is 2. The number of aryl methyl sites for hydroxylation is 1. The molecule has 0 aliphatic rings. The van der Waals surface area contributed by atoms with E-state index in [1.165, 1.54) is 24.3 Å². The molecule has 9 heteroatoms. The lowest BCUT2D eigenvalue weighted by atomic mass is 10.1. The first-order chi connectivity index (χ1) is 14.4. The Kier molecular flexibility index (Phi) is 6.02. The molecule has 1 heterocycles. The van der Waals surface area contributed by atoms with Crippen molar-refractivity contribution in [3.05, 3.63) is 88.9 Å². The van der Waals surface area contributed by atoms with Crippen LogP contribution in [-0.4, -0.2) is 27.8 Å². The summed E-state index contributed by atoms with van der Waals surface area (Å²) in [5, 5.41) is 16.6. The lowest BCUT2D eigenvalue weighted by Gasteiger charge is -2.12. The molecule has 0 aliphatic heterocycles. The Balaban J connectivity index is 1.81. The summed E-state index contributed by atoms with van der Waals surface area (Å²) in [6.07, 6.45) is 1.62. The highest BCUT2D eigenvalue weighted by Crippen LogP contribution is 2.19. The molecular formula is C21H18FN5O3. The van der Waals surface area contributed by atoms with Crippen LogP contribution in [0.4, 0.5) is 15.9 Å². The summed E-state index contributed by atoms with van der Waals surface area (Å²) in [6.45, 7) is 1.88. The molecule has 0 unspecified atom stereocenters. The molecule has 0 saturated carbocycles. The molecule has 8 nitrogen and oxygen atoms in total. The van der Waals surface area contributed by atoms with Gasteiger partial charge in [-0.2, -0.15) is 0 Å². The Bertz CT molecular complexity index is 1130. The van der Waals surface area contributed by atoms with Crippen LogP contribution in [0.1, 0.15) is 31.8 Å². The summed E-state index contributed by atoms with van der Waals surface area (Å²) in [5.41, 5.74) is 6.61. The van der Waals surface area contributed by atoms with E-state index in [1.807, 2.05) is 6.92 Å². The Morgan fingerprint density at radius 1 is 1.03 bits per heavy atom. The van der Waals surface area contributed by atoms with Crippen LogP contribution < -0.4 is 16.4 Å². The number of pyridine rings is 1. The van der Waals surface area contributed by atoms with Crippen molar-refractivity contribution < 1.29 is 19.2 Å². The lowest BCUT2D eigenvalue weighted by Crippen LogP contribution is -2.20. The fraction of sp³-hybridized carbons (Fsp3) is 0.0476. The van der Waals surface area contributed by atoms with Gasteiger partial charge in [-0.3, -0.25) is 9.59 Å². The molecule has 152 valence electrons. The molecule has 3 rings (SSSR count). The number of carbonyl (C=O) groups excluding carboxylic acids is 2. The molecule has 2 amide bonds. The molecular weight excluding hydrogens is 389 g/mol. The molecule has 5 N–H and O–H groups in total. The minimum absolute atomic E-state index is 0.122. The molecule has 0 spiro atoms. The summed E-state index contributed by atoms with van der Waals surface area (Å²) < 4.78 is 14.3. The number of hydrogen-bond acceptors (Lipinski definition) is 5. The predicted molar refractivity (Wildman–Crippen MR) is 110 cm³/mol. The van der Waals surface area contributed by atoms with Crippen LogP contribution in [0.3, 0.4) is 0 Å². The largest absolute Gasteiger partial charge is 0.409 e. The van der Waals surface area contributed by atoms with Crippen molar-refractivity contribution in [3.63, 3.8) is 0 Å². The number of nitrogens with one attached hydrogen (secondary N) is 2. The van der Waals surface area contributed by atoms with E-state index in [0.29, 0.717) is 5.82 Å². The van der Waals surface area contributed by atoms with E-state index < -0.39 is 17.6 Å². The van der Waals surface area contributed by atoms with Gasteiger partial charge in [0.15, 0.2) is 5.84 Å². The Labute approximate surface area is 171 Å². The summed E-state index contributed by atoms with van der Waals surface area (Å²) in [6, 6.07) is 13.3. The SMILES string of the molecule is Cc1ccc(NC(=O)c2ccccc2NC(=O)c2ccc(/C(N)=N\O)cc2F)nc1. The van der Waals surface area contributed by atoms with Gasteiger partial charge in [-0.15, -0.1) is 0 Å². The van der Waals surface area contributed by atoms with Gasteiger partial charge < -0.3 is 21.6 Å². The van der Waals surface area contributed by atoms with Gasteiger partial charge in [-0.1, -0.05) is 29.4 Å². The van der Waals surface area contributed by atoms with Gasteiger partial charge in [0.2, 0.25) is 0 Å². The molecule has 0 radical (unpaired) electrons. The maximum absolute atomic E-state index is 14.3. The van der Waals surface area contributed by atoms with E-state index in [2.05, 4.69) is 20.8 Å². The minimum atomic E-state index is -0.859. The van der Waals surface area contributed by atoms with E-state index in [1.54, 1.807) is 30.5 Å². The molecule has 0 bridgehead atoms. The normalized spacial score (nSPS) is 11.1. The molecule has 30 heavy (non-hydrogen) atoms. The van der Waals surface area contributed by atoms with Crippen molar-refractivity contribution in [3.8, 4) is 0 Å². The third kappa shape index (κ3) is 4.58. The zero-order valence-corrected chi connectivity index (χ0v) is 15.9. The highest BCUT2D eigenvalue weighted by atomic mass is 19.1. The van der Waals surface area contributed by atoms with Crippen LogP contribution in [0, 0.1) is 12.7 Å². The van der Waals surface area contributed by atoms with Crippen LogP contribution in [-0.2, 0) is 0 Å². The first kappa shape index (κ1) is 20.5. The van der Waals surface area contributed by atoms with Crippen molar-refractivity contribution >= 4 is 29.2 Å². The zero-order chi connectivity index (χ0) is 21.7. The average Bonchev–Trinajstić information content (AvgIpc) is 2.74. The topological polar surface area (TPSA) is 130 Å². The molecule has 1 aromatic heterocycles. The second-order valence-electron chi connectivity index (χ2n) is 6.35. The van der Waals surface area contributed by atoms with Gasteiger partial charge in [0.25, 0.3) is 11.8 Å². The maximum Gasteiger partial charge on any atom is 0.258 e. The maximum atomic E-state index is 14.3. The number of amides is 2. The van der Waals surface area contributed by atoms with Gasteiger partial charge in [0, 0.05) is 11.8 Å². The summed E-state index contributed by atoms with van der Waals surface area (Å²) in [4.78, 5) is 29.3. The van der Waals surface area contributed by atoms with Crippen LogP contribution >= 0.6 is 0 Å². The van der Waals surface area contributed by atoms with Gasteiger partial charge in [-0.05, 0) is 42.8 Å². The quantitative estimate of drug-likeness (QED) is 0.223. The average molecular weight is 407 g/mol. The number of halogens is 1. The summed E-state index contributed by atoms with van der Waals surface area (Å²) in [7, 11) is 0. The highest BCUT2D eigenvalue weighted by molar-refractivity contribution is 6.12. The molecule has 0 atom stereocenters. The van der Waals surface area contributed by atoms with Crippen molar-refractivity contribution in [2.24, 2.45) is 10.9 Å². The van der Waals surface area contributed by atoms with Crippen molar-refractivity contribution in [2.45, 2.75) is 6.92 Å². The van der Waals surface area contributed by atoms with E-state index in [0.717, 1.165) is 11.6 Å². The Hall–Kier alpha value is -4.27. The Morgan fingerprint density at radius 3 is 2.43 bits per heavy atom. The third-order valence-corrected chi connectivity index (χ3v) is 4.19. The number of nitrogens with zero attached hydrogens (tertiary/aromatic N) is 2. The second kappa shape index (κ2) is 8.82. The highest BCUT2D eigenvalue weighted by Gasteiger charge is 2.17. The van der Waals surface area contributed by atoms with E-state index in [9.17, 15) is 14.0 Å². The number of aromatic nitrogens is 1. The van der Waals surface area contributed by atoms with Gasteiger partial charge in [0.1, 0.15) is 11.6 Å². The van der Waals surface area contributed by atoms with Crippen molar-refractivity contribution in [1.29, 1.82) is 0 Å². The second-order valence-corrected chi connectivity index (χ2v) is 6.35. The number of para-hydroxylation sites is 1. The first-order valence-corrected chi connectivity index (χ1v) is 8.81. The predicted octanol–water partition coefficient (Wildman–Crippen LogP) is 3.13. The minimum Gasteiger partial charge on any atom is -0.409 e. The van der Waals surface area contributed by atoms with E-state index in [-0.39, 0.29) is 28.2 Å². The van der Waals surface area contributed by atoms with Crippen LogP contribution in [0.15, 0.2) is 65.9 Å². The van der Waals surface area contributed by atoms with Gasteiger partial charge >= 0.3 is 0 Å². The number of amidine groups is 1. The zero-order valence-electron chi connectivity index (χ0n) is 15.9. The Morgan fingerprint density at radius 2 is 1.77 bits per heavy atom. The van der Waals surface area contributed by atoms with Crippen molar-refractivity contribution in [1.82, 2.24) is 4.98 Å². The van der Waals surface area contributed by atoms with E-state index in [4.69, 9.17) is 10.9 Å². The van der Waals surface area contributed by atoms with Gasteiger partial charge in [0.05, 0.1) is 16.8 Å². The molecule has 2 aromatic carbocycles. The molecule has 0 saturated heterocycles. The van der Waals surface area contributed by atoms with Gasteiger partial charge in [-0.25, -0.2) is 9.37 Å². The number of nitrogens with two attached hydrogens (primary N) is 1. The fourth-order valence-corrected chi connectivity index (χ4v) is 2.62. The summed E-state index contributed by atoms with van der Waals surface area (Å²) in [5.74, 6) is -2.02. The lowest BCUT2D eigenvalue weighted by molar-refractivity contribution is 0.102. The molecule has 3 aromatic rings.